The van der Waals surface area contributed by atoms with Crippen LogP contribution in [-0.2, 0) is 23.7 Å². The normalized spacial score (nSPS) is 43.3. The van der Waals surface area contributed by atoms with E-state index in [1.54, 1.807) is 6.92 Å². The molecule has 0 aromatic rings. The van der Waals surface area contributed by atoms with Gasteiger partial charge in [-0.25, -0.2) is 0 Å². The lowest BCUT2D eigenvalue weighted by Crippen LogP contribution is -2.67. The summed E-state index contributed by atoms with van der Waals surface area (Å²) in [5.41, 5.74) is 6.01. The number of aliphatic carboxylic acids is 1. The highest BCUT2D eigenvalue weighted by atomic mass is 16.7. The maximum absolute atomic E-state index is 10.8. The molecule has 0 bridgehead atoms. The second-order valence-corrected chi connectivity index (χ2v) is 7.33. The first-order chi connectivity index (χ1) is 13.7. The van der Waals surface area contributed by atoms with Gasteiger partial charge in [-0.05, 0) is 0 Å². The lowest BCUT2D eigenvalue weighted by atomic mass is 9.89. The van der Waals surface area contributed by atoms with Gasteiger partial charge in [0.2, 0.25) is 0 Å². The van der Waals surface area contributed by atoms with E-state index in [-0.39, 0.29) is 19.6 Å². The molecule has 12 nitrogen and oxygen atoms in total. The van der Waals surface area contributed by atoms with E-state index in [1.807, 2.05) is 0 Å². The SMILES string of the molecule is COC1OC(CO)C(OC2OC(CO)C(C)C(O)C2N)C(O)C1NCCC(=O)O. The molecule has 2 aliphatic rings. The fourth-order valence-electron chi connectivity index (χ4n) is 3.60. The number of aliphatic hydroxyl groups is 4. The summed E-state index contributed by atoms with van der Waals surface area (Å²) in [6.45, 7) is 0.859. The van der Waals surface area contributed by atoms with Crippen molar-refractivity contribution in [2.24, 2.45) is 11.7 Å². The van der Waals surface area contributed by atoms with Crippen LogP contribution in [0.2, 0.25) is 0 Å². The Labute approximate surface area is 168 Å². The van der Waals surface area contributed by atoms with Crippen LogP contribution in [0.3, 0.4) is 0 Å². The van der Waals surface area contributed by atoms with E-state index >= 15 is 0 Å². The van der Waals surface area contributed by atoms with Gasteiger partial charge in [0.25, 0.3) is 0 Å². The molecule has 0 aliphatic carbocycles. The number of aliphatic hydroxyl groups excluding tert-OH is 4. The highest BCUT2D eigenvalue weighted by molar-refractivity contribution is 5.66. The second-order valence-electron chi connectivity index (χ2n) is 7.33. The number of hydrogen-bond acceptors (Lipinski definition) is 11. The monoisotopic (exact) mass is 424 g/mol. The topological polar surface area (TPSA) is 193 Å². The maximum Gasteiger partial charge on any atom is 0.304 e. The fraction of sp³-hybridized carbons (Fsp3) is 0.941. The van der Waals surface area contributed by atoms with Crippen LogP contribution < -0.4 is 11.1 Å². The molecule has 8 N–H and O–H groups in total. The Balaban J connectivity index is 2.14. The molecular weight excluding hydrogens is 392 g/mol. The quantitative estimate of drug-likeness (QED) is 0.194. The van der Waals surface area contributed by atoms with Crippen molar-refractivity contribution in [1.29, 1.82) is 0 Å². The Kier molecular flexibility index (Phi) is 9.15. The fourth-order valence-corrected chi connectivity index (χ4v) is 3.60. The summed E-state index contributed by atoms with van der Waals surface area (Å²) in [6.07, 6.45) is -7.46. The second kappa shape index (κ2) is 10.9. The van der Waals surface area contributed by atoms with Crippen LogP contribution in [0.1, 0.15) is 13.3 Å². The van der Waals surface area contributed by atoms with E-state index in [2.05, 4.69) is 5.32 Å². The van der Waals surface area contributed by atoms with E-state index in [4.69, 9.17) is 29.8 Å². The predicted molar refractivity (Wildman–Crippen MR) is 96.6 cm³/mol. The van der Waals surface area contributed by atoms with E-state index in [0.29, 0.717) is 0 Å². The number of ether oxygens (including phenoxy) is 4. The van der Waals surface area contributed by atoms with Gasteiger partial charge >= 0.3 is 5.97 Å². The third kappa shape index (κ3) is 5.61. The van der Waals surface area contributed by atoms with Crippen LogP contribution >= 0.6 is 0 Å². The van der Waals surface area contributed by atoms with Gasteiger partial charge in [-0.1, -0.05) is 6.92 Å². The van der Waals surface area contributed by atoms with Crippen molar-refractivity contribution in [3.63, 3.8) is 0 Å². The first kappa shape index (κ1) is 24.3. The molecule has 0 amide bonds. The van der Waals surface area contributed by atoms with E-state index in [0.717, 1.165) is 0 Å². The largest absolute Gasteiger partial charge is 0.481 e. The Bertz CT molecular complexity index is 524. The summed E-state index contributed by atoms with van der Waals surface area (Å²) < 4.78 is 22.3. The van der Waals surface area contributed by atoms with Gasteiger partial charge in [-0.15, -0.1) is 0 Å². The van der Waals surface area contributed by atoms with Crippen molar-refractivity contribution < 1.29 is 49.3 Å². The van der Waals surface area contributed by atoms with Gasteiger partial charge in [0.15, 0.2) is 12.6 Å². The summed E-state index contributed by atoms with van der Waals surface area (Å²) >= 11 is 0. The first-order valence-electron chi connectivity index (χ1n) is 9.52. The minimum Gasteiger partial charge on any atom is -0.481 e. The van der Waals surface area contributed by atoms with Gasteiger partial charge in [0, 0.05) is 19.6 Å². The molecule has 29 heavy (non-hydrogen) atoms. The molecular formula is C17H32N2O10. The molecule has 2 rings (SSSR count). The highest BCUT2D eigenvalue weighted by Crippen LogP contribution is 2.30. The van der Waals surface area contributed by atoms with Crippen LogP contribution in [0.25, 0.3) is 0 Å². The van der Waals surface area contributed by atoms with Crippen molar-refractivity contribution in [2.75, 3.05) is 26.9 Å². The Morgan fingerprint density at radius 2 is 1.72 bits per heavy atom. The Hall–Kier alpha value is -0.930. The lowest BCUT2D eigenvalue weighted by Gasteiger charge is -2.47. The summed E-state index contributed by atoms with van der Waals surface area (Å²) in [5.74, 6) is -1.45. The number of rotatable bonds is 9. The van der Waals surface area contributed by atoms with E-state index < -0.39 is 73.7 Å². The molecule has 0 radical (unpaired) electrons. The zero-order valence-corrected chi connectivity index (χ0v) is 16.5. The minimum atomic E-state index is -1.28. The summed E-state index contributed by atoms with van der Waals surface area (Å²) in [6, 6.07) is -1.82. The summed E-state index contributed by atoms with van der Waals surface area (Å²) in [7, 11) is 1.35. The van der Waals surface area contributed by atoms with Crippen LogP contribution in [0.5, 0.6) is 0 Å². The third-order valence-electron chi connectivity index (χ3n) is 5.42. The molecule has 170 valence electrons. The number of carboxylic acids is 1. The summed E-state index contributed by atoms with van der Waals surface area (Å²) in [4.78, 5) is 10.8. The van der Waals surface area contributed by atoms with E-state index in [1.165, 1.54) is 7.11 Å². The van der Waals surface area contributed by atoms with Crippen molar-refractivity contribution in [1.82, 2.24) is 5.32 Å². The van der Waals surface area contributed by atoms with Crippen LogP contribution in [0.4, 0.5) is 0 Å². The van der Waals surface area contributed by atoms with Gasteiger partial charge in [0.1, 0.15) is 18.3 Å². The number of methoxy groups -OCH3 is 1. The molecule has 0 aromatic heterocycles. The zero-order valence-electron chi connectivity index (χ0n) is 16.5. The molecule has 2 saturated heterocycles. The molecule has 0 aromatic carbocycles. The van der Waals surface area contributed by atoms with Crippen molar-refractivity contribution >= 4 is 5.97 Å². The molecule has 10 atom stereocenters. The molecule has 0 saturated carbocycles. The molecule has 2 fully saturated rings. The smallest absolute Gasteiger partial charge is 0.304 e. The third-order valence-corrected chi connectivity index (χ3v) is 5.42. The van der Waals surface area contributed by atoms with Crippen molar-refractivity contribution in [3.05, 3.63) is 0 Å². The minimum absolute atomic E-state index is 0.0407. The zero-order chi connectivity index (χ0) is 21.7. The highest BCUT2D eigenvalue weighted by Gasteiger charge is 2.49. The van der Waals surface area contributed by atoms with E-state index in [9.17, 15) is 25.2 Å². The molecule has 0 spiro atoms. The van der Waals surface area contributed by atoms with Gasteiger partial charge in [-0.3, -0.25) is 4.79 Å². The number of hydrogen-bond donors (Lipinski definition) is 7. The predicted octanol–water partition coefficient (Wildman–Crippen LogP) is -3.43. The number of nitrogens with one attached hydrogen (secondary N) is 1. The van der Waals surface area contributed by atoms with Crippen molar-refractivity contribution in [2.45, 2.75) is 68.5 Å². The molecule has 12 heteroatoms. The standard InChI is InChI=1S/C17H32N2O10/c1-7-8(5-20)27-16(11(18)13(7)24)29-15-9(6-21)28-17(26-2)12(14(15)25)19-4-3-10(22)23/h7-9,11-17,19-21,24-25H,3-6,18H2,1-2H3,(H,22,23). The average Bonchev–Trinajstić information content (AvgIpc) is 2.70. The van der Waals surface area contributed by atoms with Gasteiger partial charge in [0.05, 0.1) is 43.9 Å². The average molecular weight is 424 g/mol. The van der Waals surface area contributed by atoms with Crippen LogP contribution in [0, 0.1) is 5.92 Å². The number of nitrogens with two attached hydrogens (primary N) is 1. The van der Waals surface area contributed by atoms with Crippen LogP contribution in [-0.4, -0.2) is 114 Å². The Morgan fingerprint density at radius 3 is 2.28 bits per heavy atom. The molecule has 2 heterocycles. The molecule has 10 unspecified atom stereocenters. The van der Waals surface area contributed by atoms with Crippen LogP contribution in [0.15, 0.2) is 0 Å². The lowest BCUT2D eigenvalue weighted by molar-refractivity contribution is -0.324. The van der Waals surface area contributed by atoms with Gasteiger partial charge < -0.3 is 55.5 Å². The first-order valence-corrected chi connectivity index (χ1v) is 9.52. The van der Waals surface area contributed by atoms with Crippen molar-refractivity contribution in [3.8, 4) is 0 Å². The maximum atomic E-state index is 10.8. The number of carboxylic acid groups (broad SMARTS) is 1. The van der Waals surface area contributed by atoms with Gasteiger partial charge in [-0.2, -0.15) is 0 Å². The Morgan fingerprint density at radius 1 is 1.10 bits per heavy atom. The summed E-state index contributed by atoms with van der Waals surface area (Å²) in [5, 5.41) is 52.0. The molecule has 2 aliphatic heterocycles. The number of carbonyl (C=O) groups is 1.